The molecule has 0 aliphatic heterocycles. The third-order valence-electron chi connectivity index (χ3n) is 0. The van der Waals surface area contributed by atoms with Crippen LogP contribution < -0.4 is 0 Å². The van der Waals surface area contributed by atoms with Crippen molar-refractivity contribution < 1.29 is 10.2 Å². The molecule has 5 heavy (non-hydrogen) atoms. The summed E-state index contributed by atoms with van der Waals surface area (Å²) in [6.07, 6.45) is 0. The summed E-state index contributed by atoms with van der Waals surface area (Å²) in [7, 11) is 2.00. The topological polar surface area (TPSA) is 40.5 Å². The molecule has 2 nitrogen and oxygen atoms in total. The second-order valence-corrected chi connectivity index (χ2v) is 0. The van der Waals surface area contributed by atoms with Gasteiger partial charge in [0.25, 0.3) is 0 Å². The van der Waals surface area contributed by atoms with Gasteiger partial charge in [0.15, 0.2) is 0 Å². The van der Waals surface area contributed by atoms with Gasteiger partial charge in [-0.1, -0.05) is 0 Å². The molecule has 0 aromatic carbocycles. The molecule has 0 atom stereocenters. The Hall–Kier alpha value is 1.18. The van der Waals surface area contributed by atoms with Crippen LogP contribution in [0.1, 0.15) is 0 Å². The van der Waals surface area contributed by atoms with E-state index in [1.807, 2.05) is 0 Å². The van der Waals surface area contributed by atoms with Crippen molar-refractivity contribution in [3.8, 4) is 0 Å². The Morgan fingerprint density at radius 3 is 0.800 bits per heavy atom. The first kappa shape index (κ1) is 16.4. The van der Waals surface area contributed by atoms with Gasteiger partial charge < -0.3 is 10.2 Å². The van der Waals surface area contributed by atoms with Gasteiger partial charge >= 0.3 is 37.7 Å². The Balaban J connectivity index is -0.0000000133. The molecule has 0 radical (unpaired) electrons. The van der Waals surface area contributed by atoms with Crippen molar-refractivity contribution in [3.63, 3.8) is 0 Å². The van der Waals surface area contributed by atoms with Crippen LogP contribution in [-0.2, 0) is 0 Å². The van der Waals surface area contributed by atoms with Crippen LogP contribution in [0.2, 0.25) is 0 Å². The molecule has 32 valence electrons. The van der Waals surface area contributed by atoms with Crippen molar-refractivity contribution in [2.75, 3.05) is 14.2 Å². The first-order valence-electron chi connectivity index (χ1n) is 0.894. The van der Waals surface area contributed by atoms with E-state index in [0.29, 0.717) is 0 Å². The SMILES string of the molecule is CO.CO.[CaH2]. The summed E-state index contributed by atoms with van der Waals surface area (Å²) in [6, 6.07) is 0. The van der Waals surface area contributed by atoms with Gasteiger partial charge in [-0.05, 0) is 0 Å². The van der Waals surface area contributed by atoms with Crippen molar-refractivity contribution in [1.82, 2.24) is 0 Å². The maximum atomic E-state index is 7.00. The Morgan fingerprint density at radius 2 is 0.800 bits per heavy atom. The summed E-state index contributed by atoms with van der Waals surface area (Å²) < 4.78 is 0. The van der Waals surface area contributed by atoms with Crippen molar-refractivity contribution in [2.24, 2.45) is 0 Å². The van der Waals surface area contributed by atoms with Gasteiger partial charge in [-0.2, -0.15) is 0 Å². The molecule has 0 fully saturated rings. The average Bonchev–Trinajstić information content (AvgIpc) is 1.50. The fraction of sp³-hybridized carbons (Fsp3) is 1.00. The molecule has 0 aliphatic rings. The van der Waals surface area contributed by atoms with Crippen molar-refractivity contribution >= 4 is 37.7 Å². The van der Waals surface area contributed by atoms with Gasteiger partial charge in [-0.15, -0.1) is 0 Å². The fourth-order valence-electron chi connectivity index (χ4n) is 0. The third kappa shape index (κ3) is 37.6. The summed E-state index contributed by atoms with van der Waals surface area (Å²) in [6.45, 7) is 0. The summed E-state index contributed by atoms with van der Waals surface area (Å²) in [5, 5.41) is 14.0. The van der Waals surface area contributed by atoms with Crippen LogP contribution >= 0.6 is 0 Å². The zero-order valence-electron chi connectivity index (χ0n) is 2.89. The molecule has 0 saturated carbocycles. The Morgan fingerprint density at radius 1 is 0.800 bits per heavy atom. The van der Waals surface area contributed by atoms with Gasteiger partial charge in [0.2, 0.25) is 0 Å². The van der Waals surface area contributed by atoms with Crippen LogP contribution in [0.25, 0.3) is 0 Å². The molecule has 0 unspecified atom stereocenters. The van der Waals surface area contributed by atoms with E-state index in [2.05, 4.69) is 0 Å². The first-order valence-corrected chi connectivity index (χ1v) is 0.894. The number of hydrogen-bond acceptors (Lipinski definition) is 2. The molecule has 2 N–H and O–H groups in total. The molecule has 0 bridgehead atoms. The van der Waals surface area contributed by atoms with E-state index in [4.69, 9.17) is 10.2 Å². The van der Waals surface area contributed by atoms with Gasteiger partial charge in [-0.25, -0.2) is 0 Å². The number of aliphatic hydroxyl groups is 2. The van der Waals surface area contributed by atoms with Crippen molar-refractivity contribution in [3.05, 3.63) is 0 Å². The minimum absolute atomic E-state index is 0. The third-order valence-corrected chi connectivity index (χ3v) is 0. The second-order valence-electron chi connectivity index (χ2n) is 0. The molecule has 0 spiro atoms. The molecule has 3 heteroatoms. The fourth-order valence-corrected chi connectivity index (χ4v) is 0. The number of rotatable bonds is 0. The molecular weight excluding hydrogens is 96.1 g/mol. The van der Waals surface area contributed by atoms with Crippen LogP contribution in [0.5, 0.6) is 0 Å². The molecule has 0 aromatic heterocycles. The molecule has 0 amide bonds. The number of hydrogen-bond donors (Lipinski definition) is 2. The first-order chi connectivity index (χ1) is 2.00. The van der Waals surface area contributed by atoms with Crippen LogP contribution in [0.15, 0.2) is 0 Å². The Kier molecular flexibility index (Phi) is 213. The summed E-state index contributed by atoms with van der Waals surface area (Å²) >= 11 is 0. The van der Waals surface area contributed by atoms with Gasteiger partial charge in [0.05, 0.1) is 0 Å². The van der Waals surface area contributed by atoms with E-state index in [1.165, 1.54) is 0 Å². The van der Waals surface area contributed by atoms with Crippen LogP contribution in [0.3, 0.4) is 0 Å². The average molecular weight is 106 g/mol. The van der Waals surface area contributed by atoms with Gasteiger partial charge in [0, 0.05) is 14.2 Å². The van der Waals surface area contributed by atoms with Gasteiger partial charge in [-0.3, -0.25) is 0 Å². The van der Waals surface area contributed by atoms with E-state index in [1.54, 1.807) is 0 Å². The van der Waals surface area contributed by atoms with Crippen molar-refractivity contribution in [2.45, 2.75) is 0 Å². The normalized spacial score (nSPS) is 2.40. The summed E-state index contributed by atoms with van der Waals surface area (Å²) in [5.41, 5.74) is 0. The number of aliphatic hydroxyl groups excluding tert-OH is 2. The molecule has 0 saturated heterocycles. The second kappa shape index (κ2) is 65.0. The standard InChI is InChI=1S/2CH4O.Ca.2H/c2*1-2;;;/h2*2H,1H3;;;. The molecule has 0 heterocycles. The van der Waals surface area contributed by atoms with Crippen LogP contribution in [0, 0.1) is 0 Å². The zero-order chi connectivity index (χ0) is 4.00. The van der Waals surface area contributed by atoms with E-state index in [0.717, 1.165) is 14.2 Å². The molecule has 0 rings (SSSR count). The maximum absolute atomic E-state index is 7.00. The molecule has 0 aliphatic carbocycles. The minimum atomic E-state index is 0. The predicted molar refractivity (Wildman–Crippen MR) is 24.8 cm³/mol. The van der Waals surface area contributed by atoms with E-state index >= 15 is 0 Å². The Bertz CT molecular complexity index is 7.61. The van der Waals surface area contributed by atoms with Crippen LogP contribution in [-0.4, -0.2) is 62.2 Å². The molecule has 0 aromatic rings. The van der Waals surface area contributed by atoms with E-state index < -0.39 is 0 Å². The predicted octanol–water partition coefficient (Wildman–Crippen LogP) is -1.70. The van der Waals surface area contributed by atoms with E-state index in [-0.39, 0.29) is 37.7 Å². The summed E-state index contributed by atoms with van der Waals surface area (Å²) in [4.78, 5) is 0. The van der Waals surface area contributed by atoms with Crippen LogP contribution in [0.4, 0.5) is 0 Å². The van der Waals surface area contributed by atoms with Gasteiger partial charge in [0.1, 0.15) is 0 Å². The summed E-state index contributed by atoms with van der Waals surface area (Å²) in [5.74, 6) is 0. The van der Waals surface area contributed by atoms with Crippen molar-refractivity contribution in [1.29, 1.82) is 0 Å². The quantitative estimate of drug-likeness (QED) is 0.361. The Labute approximate surface area is 61.8 Å². The monoisotopic (exact) mass is 106 g/mol. The van der Waals surface area contributed by atoms with E-state index in [9.17, 15) is 0 Å². The zero-order valence-corrected chi connectivity index (χ0v) is 2.89. The molecular formula is C2H10CaO2.